The Morgan fingerprint density at radius 2 is 1.61 bits per heavy atom. The number of rotatable bonds is 3. The minimum Gasteiger partial charge on any atom is -0.457 e. The highest BCUT2D eigenvalue weighted by molar-refractivity contribution is 6.31. The first-order valence-corrected chi connectivity index (χ1v) is 6.28. The van der Waals surface area contributed by atoms with Gasteiger partial charge < -0.3 is 10.5 Å². The maximum absolute atomic E-state index is 5.92. The van der Waals surface area contributed by atoms with Gasteiger partial charge in [0.1, 0.15) is 11.5 Å². The van der Waals surface area contributed by atoms with E-state index in [0.29, 0.717) is 22.3 Å². The molecule has 2 nitrogen and oxygen atoms in total. The Morgan fingerprint density at radius 3 is 2.22 bits per heavy atom. The van der Waals surface area contributed by atoms with E-state index in [1.165, 1.54) is 0 Å². The molecule has 0 amide bonds. The largest absolute Gasteiger partial charge is 0.457 e. The summed E-state index contributed by atoms with van der Waals surface area (Å²) >= 11 is 11.8. The van der Waals surface area contributed by atoms with Crippen LogP contribution in [0.3, 0.4) is 0 Å². The van der Waals surface area contributed by atoms with Crippen LogP contribution in [-0.4, -0.2) is 0 Å². The van der Waals surface area contributed by atoms with E-state index in [2.05, 4.69) is 0 Å². The number of hydrogen-bond acceptors (Lipinski definition) is 2. The molecule has 0 bridgehead atoms. The summed E-state index contributed by atoms with van der Waals surface area (Å²) in [6, 6.07) is 10.9. The second-order valence-corrected chi connectivity index (χ2v) is 4.84. The second kappa shape index (κ2) is 5.61. The maximum Gasteiger partial charge on any atom is 0.132 e. The average molecular weight is 282 g/mol. The van der Waals surface area contributed by atoms with E-state index in [0.717, 1.165) is 16.9 Å². The smallest absolute Gasteiger partial charge is 0.132 e. The molecule has 0 saturated carbocycles. The van der Waals surface area contributed by atoms with Crippen molar-refractivity contribution >= 4 is 23.2 Å². The van der Waals surface area contributed by atoms with Crippen LogP contribution in [0.1, 0.15) is 11.1 Å². The Bertz CT molecular complexity index is 570. The molecule has 0 atom stereocenters. The van der Waals surface area contributed by atoms with Crippen molar-refractivity contribution in [2.24, 2.45) is 5.73 Å². The van der Waals surface area contributed by atoms with Crippen LogP contribution < -0.4 is 10.5 Å². The molecule has 0 aliphatic rings. The zero-order chi connectivity index (χ0) is 13.1. The number of benzene rings is 2. The lowest BCUT2D eigenvalue weighted by molar-refractivity contribution is 0.473. The molecule has 0 fully saturated rings. The van der Waals surface area contributed by atoms with Crippen molar-refractivity contribution in [2.45, 2.75) is 13.5 Å². The van der Waals surface area contributed by atoms with Crippen LogP contribution >= 0.6 is 23.2 Å². The molecule has 0 spiro atoms. The third kappa shape index (κ3) is 2.96. The minimum atomic E-state index is 0.378. The summed E-state index contributed by atoms with van der Waals surface area (Å²) in [5.41, 5.74) is 7.52. The fraction of sp³-hybridized carbons (Fsp3) is 0.143. The quantitative estimate of drug-likeness (QED) is 0.896. The number of ether oxygens (including phenoxy) is 1. The Labute approximate surface area is 116 Å². The van der Waals surface area contributed by atoms with Crippen molar-refractivity contribution in [3.8, 4) is 11.5 Å². The molecule has 0 unspecified atom stereocenters. The predicted molar refractivity (Wildman–Crippen MR) is 75.6 cm³/mol. The molecule has 0 radical (unpaired) electrons. The first-order chi connectivity index (χ1) is 8.60. The molecule has 0 heterocycles. The summed E-state index contributed by atoms with van der Waals surface area (Å²) in [4.78, 5) is 0. The van der Waals surface area contributed by atoms with E-state index >= 15 is 0 Å². The molecule has 0 aliphatic heterocycles. The highest BCUT2D eigenvalue weighted by atomic mass is 35.5. The highest BCUT2D eigenvalue weighted by Crippen LogP contribution is 2.30. The molecular weight excluding hydrogens is 269 g/mol. The molecule has 0 saturated heterocycles. The normalized spacial score (nSPS) is 10.4. The maximum atomic E-state index is 5.92. The summed E-state index contributed by atoms with van der Waals surface area (Å²) in [5, 5.41) is 1.34. The topological polar surface area (TPSA) is 35.2 Å². The van der Waals surface area contributed by atoms with Gasteiger partial charge in [0, 0.05) is 22.2 Å². The second-order valence-electron chi connectivity index (χ2n) is 3.97. The number of nitrogens with two attached hydrogens (primary N) is 1. The van der Waals surface area contributed by atoms with Crippen LogP contribution in [0.4, 0.5) is 0 Å². The van der Waals surface area contributed by atoms with Gasteiger partial charge >= 0.3 is 0 Å². The zero-order valence-electron chi connectivity index (χ0n) is 9.91. The SMILES string of the molecule is Cc1cc(Cl)ccc1Oc1ccc(Cl)cc1CN. The van der Waals surface area contributed by atoms with Crippen molar-refractivity contribution in [1.29, 1.82) is 0 Å². The number of halogens is 2. The van der Waals surface area contributed by atoms with Crippen LogP contribution in [0.25, 0.3) is 0 Å². The van der Waals surface area contributed by atoms with Gasteiger partial charge in [0.05, 0.1) is 0 Å². The molecule has 2 rings (SSSR count). The van der Waals surface area contributed by atoms with Crippen molar-refractivity contribution < 1.29 is 4.74 Å². The third-order valence-corrected chi connectivity index (χ3v) is 3.07. The summed E-state index contributed by atoms with van der Waals surface area (Å²) < 4.78 is 5.84. The molecule has 4 heteroatoms. The molecular formula is C14H13Cl2NO. The lowest BCUT2D eigenvalue weighted by Crippen LogP contribution is -1.99. The van der Waals surface area contributed by atoms with E-state index in [1.54, 1.807) is 12.1 Å². The van der Waals surface area contributed by atoms with E-state index in [-0.39, 0.29) is 0 Å². The van der Waals surface area contributed by atoms with Gasteiger partial charge in [-0.3, -0.25) is 0 Å². The standard InChI is InChI=1S/C14H13Cl2NO/c1-9-6-11(15)2-4-13(9)18-14-5-3-12(16)7-10(14)8-17/h2-7H,8,17H2,1H3. The fourth-order valence-electron chi connectivity index (χ4n) is 1.65. The molecule has 0 aromatic heterocycles. The summed E-state index contributed by atoms with van der Waals surface area (Å²) in [7, 11) is 0. The van der Waals surface area contributed by atoms with Gasteiger partial charge in [-0.1, -0.05) is 23.2 Å². The van der Waals surface area contributed by atoms with E-state index in [1.807, 2.05) is 31.2 Å². The molecule has 94 valence electrons. The molecule has 2 N–H and O–H groups in total. The van der Waals surface area contributed by atoms with Crippen LogP contribution in [0.2, 0.25) is 10.0 Å². The van der Waals surface area contributed by atoms with Gasteiger partial charge in [0.15, 0.2) is 0 Å². The Hall–Kier alpha value is -1.22. The fourth-order valence-corrected chi connectivity index (χ4v) is 2.07. The van der Waals surface area contributed by atoms with Crippen molar-refractivity contribution in [2.75, 3.05) is 0 Å². The zero-order valence-corrected chi connectivity index (χ0v) is 11.4. The van der Waals surface area contributed by atoms with E-state index in [9.17, 15) is 0 Å². The third-order valence-electron chi connectivity index (χ3n) is 2.60. The van der Waals surface area contributed by atoms with Gasteiger partial charge in [0.2, 0.25) is 0 Å². The van der Waals surface area contributed by atoms with Crippen LogP contribution in [0.5, 0.6) is 11.5 Å². The molecule has 18 heavy (non-hydrogen) atoms. The lowest BCUT2D eigenvalue weighted by Gasteiger charge is -2.12. The number of hydrogen-bond donors (Lipinski definition) is 1. The van der Waals surface area contributed by atoms with Crippen LogP contribution in [0.15, 0.2) is 36.4 Å². The first kappa shape index (κ1) is 13.2. The van der Waals surface area contributed by atoms with Gasteiger partial charge in [-0.25, -0.2) is 0 Å². The molecule has 0 aliphatic carbocycles. The Morgan fingerprint density at radius 1 is 1.00 bits per heavy atom. The van der Waals surface area contributed by atoms with Gasteiger partial charge in [-0.15, -0.1) is 0 Å². The number of aryl methyl sites for hydroxylation is 1. The summed E-state index contributed by atoms with van der Waals surface area (Å²) in [5.74, 6) is 1.48. The van der Waals surface area contributed by atoms with E-state index in [4.69, 9.17) is 33.7 Å². The van der Waals surface area contributed by atoms with E-state index < -0.39 is 0 Å². The average Bonchev–Trinajstić information content (AvgIpc) is 2.34. The van der Waals surface area contributed by atoms with Crippen molar-refractivity contribution in [3.05, 3.63) is 57.6 Å². The molecule has 2 aromatic carbocycles. The van der Waals surface area contributed by atoms with Crippen molar-refractivity contribution in [3.63, 3.8) is 0 Å². The lowest BCUT2D eigenvalue weighted by atomic mass is 10.2. The van der Waals surface area contributed by atoms with Crippen LogP contribution in [0, 0.1) is 6.92 Å². The Balaban J connectivity index is 2.33. The monoisotopic (exact) mass is 281 g/mol. The summed E-state index contributed by atoms with van der Waals surface area (Å²) in [6.07, 6.45) is 0. The Kier molecular flexibility index (Phi) is 4.12. The minimum absolute atomic E-state index is 0.378. The van der Waals surface area contributed by atoms with Gasteiger partial charge in [0.25, 0.3) is 0 Å². The van der Waals surface area contributed by atoms with Crippen LogP contribution in [-0.2, 0) is 6.54 Å². The first-order valence-electron chi connectivity index (χ1n) is 5.52. The van der Waals surface area contributed by atoms with Crippen molar-refractivity contribution in [1.82, 2.24) is 0 Å². The summed E-state index contributed by atoms with van der Waals surface area (Å²) in [6.45, 7) is 2.32. The van der Waals surface area contributed by atoms with Gasteiger partial charge in [-0.05, 0) is 48.9 Å². The highest BCUT2D eigenvalue weighted by Gasteiger charge is 2.07. The predicted octanol–water partition coefficient (Wildman–Crippen LogP) is 4.55. The molecule has 2 aromatic rings. The van der Waals surface area contributed by atoms with Gasteiger partial charge in [-0.2, -0.15) is 0 Å².